The van der Waals surface area contributed by atoms with Crippen molar-refractivity contribution in [1.82, 2.24) is 5.16 Å². The lowest BCUT2D eigenvalue weighted by Gasteiger charge is -2.10. The molecule has 88 valence electrons. The van der Waals surface area contributed by atoms with Gasteiger partial charge in [-0.15, -0.1) is 0 Å². The summed E-state index contributed by atoms with van der Waals surface area (Å²) in [6, 6.07) is 5.47. The first-order chi connectivity index (χ1) is 8.08. The summed E-state index contributed by atoms with van der Waals surface area (Å²) in [7, 11) is 0. The van der Waals surface area contributed by atoms with Crippen molar-refractivity contribution in [3.05, 3.63) is 45.8 Å². The third-order valence-electron chi connectivity index (χ3n) is 2.34. The third kappa shape index (κ3) is 2.55. The van der Waals surface area contributed by atoms with Crippen molar-refractivity contribution in [3.63, 3.8) is 0 Å². The van der Waals surface area contributed by atoms with Gasteiger partial charge in [0.05, 0.1) is 5.69 Å². The number of aryl methyl sites for hydroxylation is 2. The summed E-state index contributed by atoms with van der Waals surface area (Å²) in [5, 5.41) is 6.39. The molecule has 0 atom stereocenters. The summed E-state index contributed by atoms with van der Waals surface area (Å²) in [6.45, 7) is 3.94. The second kappa shape index (κ2) is 4.71. The third-order valence-corrected chi connectivity index (χ3v) is 2.97. The van der Waals surface area contributed by atoms with Crippen molar-refractivity contribution in [1.29, 1.82) is 0 Å². The molecule has 1 heterocycles. The quantitative estimate of drug-likeness (QED) is 0.924. The van der Waals surface area contributed by atoms with Gasteiger partial charge < -0.3 is 9.84 Å². The molecule has 0 aliphatic carbocycles. The zero-order chi connectivity index (χ0) is 12.4. The summed E-state index contributed by atoms with van der Waals surface area (Å²) in [4.78, 5) is 11.8. The van der Waals surface area contributed by atoms with Crippen molar-refractivity contribution < 1.29 is 9.32 Å². The van der Waals surface area contributed by atoms with E-state index in [1.165, 1.54) is 12.3 Å². The van der Waals surface area contributed by atoms with Gasteiger partial charge in [-0.2, -0.15) is 0 Å². The SMILES string of the molecule is Cc1cc(C)c(NC(=O)c2ccon2)c(Br)c1. The molecule has 1 aromatic carbocycles. The van der Waals surface area contributed by atoms with Crippen molar-refractivity contribution in [2.45, 2.75) is 13.8 Å². The minimum absolute atomic E-state index is 0.261. The van der Waals surface area contributed by atoms with E-state index in [9.17, 15) is 4.79 Å². The number of amides is 1. The second-order valence-corrected chi connectivity index (χ2v) is 4.63. The molecule has 1 amide bonds. The molecule has 0 bridgehead atoms. The number of anilines is 1. The molecule has 2 rings (SSSR count). The van der Waals surface area contributed by atoms with Crippen molar-refractivity contribution >= 4 is 27.5 Å². The summed E-state index contributed by atoms with van der Waals surface area (Å²) < 4.78 is 5.48. The van der Waals surface area contributed by atoms with E-state index in [1.54, 1.807) is 0 Å². The van der Waals surface area contributed by atoms with E-state index in [0.717, 1.165) is 21.3 Å². The normalized spacial score (nSPS) is 10.3. The molecular formula is C12H11BrN2O2. The van der Waals surface area contributed by atoms with Crippen LogP contribution in [0.4, 0.5) is 5.69 Å². The molecule has 0 fully saturated rings. The zero-order valence-corrected chi connectivity index (χ0v) is 11.0. The maximum atomic E-state index is 11.8. The van der Waals surface area contributed by atoms with E-state index in [0.29, 0.717) is 0 Å². The van der Waals surface area contributed by atoms with Crippen LogP contribution in [0.3, 0.4) is 0 Å². The molecule has 4 nitrogen and oxygen atoms in total. The highest BCUT2D eigenvalue weighted by Gasteiger charge is 2.12. The first kappa shape index (κ1) is 11.9. The standard InChI is InChI=1S/C12H11BrN2O2/c1-7-5-8(2)11(9(13)6-7)14-12(16)10-3-4-17-15-10/h3-6H,1-2H3,(H,14,16). The Balaban J connectivity index is 2.28. The van der Waals surface area contributed by atoms with E-state index >= 15 is 0 Å². The predicted octanol–water partition coefficient (Wildman–Crippen LogP) is 3.31. The monoisotopic (exact) mass is 294 g/mol. The van der Waals surface area contributed by atoms with Crippen LogP contribution in [0.15, 0.2) is 33.5 Å². The first-order valence-electron chi connectivity index (χ1n) is 5.06. The van der Waals surface area contributed by atoms with E-state index in [2.05, 4.69) is 30.9 Å². The Kier molecular flexibility index (Phi) is 3.28. The lowest BCUT2D eigenvalue weighted by atomic mass is 10.1. The van der Waals surface area contributed by atoms with Gasteiger partial charge in [0.1, 0.15) is 6.26 Å². The van der Waals surface area contributed by atoms with Gasteiger partial charge in [-0.25, -0.2) is 0 Å². The lowest BCUT2D eigenvalue weighted by Crippen LogP contribution is -2.13. The molecule has 0 radical (unpaired) electrons. The Morgan fingerprint density at radius 1 is 1.41 bits per heavy atom. The van der Waals surface area contributed by atoms with Crippen LogP contribution in [-0.4, -0.2) is 11.1 Å². The van der Waals surface area contributed by atoms with Gasteiger partial charge in [0, 0.05) is 10.5 Å². The molecular weight excluding hydrogens is 284 g/mol. The number of halogens is 1. The van der Waals surface area contributed by atoms with Gasteiger partial charge in [-0.3, -0.25) is 4.79 Å². The number of nitrogens with zero attached hydrogens (tertiary/aromatic N) is 1. The molecule has 1 N–H and O–H groups in total. The highest BCUT2D eigenvalue weighted by atomic mass is 79.9. The Labute approximate surface area is 107 Å². The number of hydrogen-bond donors (Lipinski definition) is 1. The largest absolute Gasteiger partial charge is 0.364 e. The fourth-order valence-corrected chi connectivity index (χ4v) is 2.35. The van der Waals surface area contributed by atoms with Crippen LogP contribution >= 0.6 is 15.9 Å². The van der Waals surface area contributed by atoms with Crippen LogP contribution < -0.4 is 5.32 Å². The zero-order valence-electron chi connectivity index (χ0n) is 9.45. The van der Waals surface area contributed by atoms with Crippen LogP contribution in [0, 0.1) is 13.8 Å². The number of benzene rings is 1. The van der Waals surface area contributed by atoms with E-state index in [1.807, 2.05) is 26.0 Å². The molecule has 0 aliphatic rings. The number of rotatable bonds is 2. The first-order valence-corrected chi connectivity index (χ1v) is 5.85. The molecule has 0 saturated carbocycles. The topological polar surface area (TPSA) is 55.1 Å². The molecule has 2 aromatic rings. The highest BCUT2D eigenvalue weighted by Crippen LogP contribution is 2.28. The van der Waals surface area contributed by atoms with E-state index in [-0.39, 0.29) is 11.6 Å². The predicted molar refractivity (Wildman–Crippen MR) is 68.1 cm³/mol. The van der Waals surface area contributed by atoms with Gasteiger partial charge >= 0.3 is 0 Å². The Morgan fingerprint density at radius 3 is 2.76 bits per heavy atom. The molecule has 0 spiro atoms. The average Bonchev–Trinajstić information content (AvgIpc) is 2.76. The van der Waals surface area contributed by atoms with Gasteiger partial charge in [-0.05, 0) is 47.0 Å². The molecule has 0 aliphatic heterocycles. The molecule has 1 aromatic heterocycles. The Morgan fingerprint density at radius 2 is 2.18 bits per heavy atom. The molecule has 0 saturated heterocycles. The summed E-state index contributed by atoms with van der Waals surface area (Å²) in [5.41, 5.74) is 3.14. The van der Waals surface area contributed by atoms with Crippen LogP contribution in [-0.2, 0) is 0 Å². The summed E-state index contributed by atoms with van der Waals surface area (Å²) in [6.07, 6.45) is 1.37. The van der Waals surface area contributed by atoms with Crippen molar-refractivity contribution in [2.75, 3.05) is 5.32 Å². The number of hydrogen-bond acceptors (Lipinski definition) is 3. The maximum Gasteiger partial charge on any atom is 0.277 e. The number of aromatic nitrogens is 1. The van der Waals surface area contributed by atoms with Crippen molar-refractivity contribution in [2.24, 2.45) is 0 Å². The average molecular weight is 295 g/mol. The van der Waals surface area contributed by atoms with Crippen LogP contribution in [0.5, 0.6) is 0 Å². The van der Waals surface area contributed by atoms with E-state index < -0.39 is 0 Å². The minimum atomic E-state index is -0.286. The number of carbonyl (C=O) groups excluding carboxylic acids is 1. The maximum absolute atomic E-state index is 11.8. The number of nitrogens with one attached hydrogen (secondary N) is 1. The van der Waals surface area contributed by atoms with Gasteiger partial charge in [0.25, 0.3) is 5.91 Å². The van der Waals surface area contributed by atoms with Gasteiger partial charge in [-0.1, -0.05) is 11.2 Å². The second-order valence-electron chi connectivity index (χ2n) is 3.78. The van der Waals surface area contributed by atoms with Crippen LogP contribution in [0.2, 0.25) is 0 Å². The Hall–Kier alpha value is -1.62. The van der Waals surface area contributed by atoms with Gasteiger partial charge in [0.15, 0.2) is 5.69 Å². The van der Waals surface area contributed by atoms with Crippen molar-refractivity contribution in [3.8, 4) is 0 Å². The summed E-state index contributed by atoms with van der Waals surface area (Å²) >= 11 is 3.43. The molecule has 0 unspecified atom stereocenters. The Bertz CT molecular complexity index is 527. The fourth-order valence-electron chi connectivity index (χ4n) is 1.58. The van der Waals surface area contributed by atoms with Crippen LogP contribution in [0.25, 0.3) is 0 Å². The summed E-state index contributed by atoms with van der Waals surface area (Å²) in [5.74, 6) is -0.286. The smallest absolute Gasteiger partial charge is 0.277 e. The fraction of sp³-hybridized carbons (Fsp3) is 0.167. The lowest BCUT2D eigenvalue weighted by molar-refractivity contribution is 0.101. The van der Waals surface area contributed by atoms with Gasteiger partial charge in [0.2, 0.25) is 0 Å². The number of carbonyl (C=O) groups is 1. The van der Waals surface area contributed by atoms with Crippen LogP contribution in [0.1, 0.15) is 21.6 Å². The molecule has 5 heteroatoms. The molecule has 17 heavy (non-hydrogen) atoms. The van der Waals surface area contributed by atoms with E-state index in [4.69, 9.17) is 0 Å². The minimum Gasteiger partial charge on any atom is -0.364 e. The highest BCUT2D eigenvalue weighted by molar-refractivity contribution is 9.10.